The Morgan fingerprint density at radius 1 is 0.939 bits per heavy atom. The van der Waals surface area contributed by atoms with Gasteiger partial charge in [-0.3, -0.25) is 19.1 Å². The molecule has 256 valence electrons. The minimum Gasteiger partial charge on any atom is -0.464 e. The van der Waals surface area contributed by atoms with Crippen molar-refractivity contribution >= 4 is 33.5 Å². The van der Waals surface area contributed by atoms with E-state index in [4.69, 9.17) is 4.74 Å². The normalized spacial score (nSPS) is 13.3. The zero-order chi connectivity index (χ0) is 35.5. The molecule has 4 aromatic rings. The van der Waals surface area contributed by atoms with Gasteiger partial charge in [0.2, 0.25) is 0 Å². The molecule has 0 bridgehead atoms. The second-order valence-electron chi connectivity index (χ2n) is 11.2. The van der Waals surface area contributed by atoms with Gasteiger partial charge in [-0.1, -0.05) is 12.1 Å². The lowest BCUT2D eigenvalue weighted by Crippen LogP contribution is -2.44. The van der Waals surface area contributed by atoms with Crippen LogP contribution in [-0.2, 0) is 33.0 Å². The summed E-state index contributed by atoms with van der Waals surface area (Å²) in [5, 5.41) is 5.05. The van der Waals surface area contributed by atoms with E-state index in [1.807, 2.05) is 0 Å². The molecule has 0 unspecified atom stereocenters. The van der Waals surface area contributed by atoms with Gasteiger partial charge in [-0.15, -0.1) is 0 Å². The van der Waals surface area contributed by atoms with Gasteiger partial charge in [-0.2, -0.15) is 0 Å². The number of rotatable bonds is 12. The smallest absolute Gasteiger partial charge is 0.335 e. The molecule has 1 atom stereocenters. The SMILES string of the molecule is CCOC(=O)[C@H](Cc1ccc(-n2c(=O)ccn(C)c2=O)cc1)NC(=O)c1c(F)cc(NS(=O)(=O)c2ccc(C(=O)NC3CC3)cc2)cc1F. The number of aryl methyl sites for hydroxylation is 1. The molecule has 1 saturated carbocycles. The number of ether oxygens (including phenoxy) is 1. The number of aromatic nitrogens is 2. The first-order valence-corrected chi connectivity index (χ1v) is 16.5. The average Bonchev–Trinajstić information content (AvgIpc) is 3.87. The molecule has 16 heteroatoms. The van der Waals surface area contributed by atoms with Crippen LogP contribution >= 0.6 is 0 Å². The van der Waals surface area contributed by atoms with Gasteiger partial charge >= 0.3 is 11.7 Å². The van der Waals surface area contributed by atoms with Crippen molar-refractivity contribution in [2.45, 2.75) is 43.2 Å². The number of amides is 2. The molecule has 2 amide bonds. The lowest BCUT2D eigenvalue weighted by Gasteiger charge is -2.18. The molecular weight excluding hydrogens is 664 g/mol. The van der Waals surface area contributed by atoms with Gasteiger partial charge in [-0.05, 0) is 73.9 Å². The third-order valence-corrected chi connectivity index (χ3v) is 8.92. The molecule has 0 radical (unpaired) electrons. The Bertz CT molecular complexity index is 2120. The second-order valence-corrected chi connectivity index (χ2v) is 12.9. The van der Waals surface area contributed by atoms with E-state index in [9.17, 15) is 32.4 Å². The summed E-state index contributed by atoms with van der Waals surface area (Å²) in [6.45, 7) is 1.47. The Balaban J connectivity index is 1.30. The largest absolute Gasteiger partial charge is 0.464 e. The minimum absolute atomic E-state index is 0.0572. The first kappa shape index (κ1) is 34.7. The fourth-order valence-corrected chi connectivity index (χ4v) is 5.87. The molecule has 0 spiro atoms. The number of hydrogen-bond acceptors (Lipinski definition) is 8. The number of nitrogens with zero attached hydrogens (tertiary/aromatic N) is 2. The highest BCUT2D eigenvalue weighted by Crippen LogP contribution is 2.24. The van der Waals surface area contributed by atoms with Gasteiger partial charge in [0, 0.05) is 37.3 Å². The number of halogens is 2. The number of anilines is 1. The van der Waals surface area contributed by atoms with Gasteiger partial charge in [0.1, 0.15) is 23.2 Å². The summed E-state index contributed by atoms with van der Waals surface area (Å²) >= 11 is 0. The third-order valence-electron chi connectivity index (χ3n) is 7.53. The summed E-state index contributed by atoms with van der Waals surface area (Å²) in [5.41, 5.74) is -1.78. The molecule has 0 aliphatic heterocycles. The fraction of sp³-hybridized carbons (Fsp3) is 0.242. The molecule has 1 aliphatic rings. The fourth-order valence-electron chi connectivity index (χ4n) is 4.83. The van der Waals surface area contributed by atoms with Gasteiger partial charge in [0.15, 0.2) is 0 Å². The number of hydrogen-bond donors (Lipinski definition) is 3. The van der Waals surface area contributed by atoms with Crippen molar-refractivity contribution in [2.75, 3.05) is 11.3 Å². The monoisotopic (exact) mass is 695 g/mol. The number of benzene rings is 3. The summed E-state index contributed by atoms with van der Waals surface area (Å²) in [5.74, 6) is -5.38. The van der Waals surface area contributed by atoms with Crippen molar-refractivity contribution in [1.82, 2.24) is 19.8 Å². The predicted molar refractivity (Wildman–Crippen MR) is 173 cm³/mol. The minimum atomic E-state index is -4.35. The van der Waals surface area contributed by atoms with Crippen molar-refractivity contribution < 1.29 is 36.3 Å². The molecule has 3 aromatic carbocycles. The van der Waals surface area contributed by atoms with Crippen LogP contribution in [0.1, 0.15) is 46.0 Å². The topological polar surface area (TPSA) is 175 Å². The highest BCUT2D eigenvalue weighted by atomic mass is 32.2. The van der Waals surface area contributed by atoms with Crippen LogP contribution in [0.3, 0.4) is 0 Å². The van der Waals surface area contributed by atoms with Crippen LogP contribution < -0.4 is 26.6 Å². The number of esters is 1. The molecule has 5 rings (SSSR count). The van der Waals surface area contributed by atoms with Crippen LogP contribution in [0, 0.1) is 11.6 Å². The molecule has 0 saturated heterocycles. The maximum atomic E-state index is 15.2. The van der Waals surface area contributed by atoms with E-state index in [1.54, 1.807) is 0 Å². The van der Waals surface area contributed by atoms with Crippen molar-refractivity contribution in [3.63, 3.8) is 0 Å². The standard InChI is InChI=1S/C33H31F2N5O8S/c1-3-48-32(44)27(16-19-4-10-23(11-5-19)40-28(41)14-15-39(2)33(40)45)37-31(43)29-25(34)17-22(18-26(29)35)38-49(46,47)24-12-6-20(7-13-24)30(42)36-21-8-9-21/h4-7,10-15,17-18,21,27,38H,3,8-9,16H2,1-2H3,(H,36,42)(H,37,43)/t27-/m0/s1. The van der Waals surface area contributed by atoms with E-state index in [-0.39, 0.29) is 41.1 Å². The second kappa shape index (κ2) is 14.2. The summed E-state index contributed by atoms with van der Waals surface area (Å²) in [4.78, 5) is 62.5. The highest BCUT2D eigenvalue weighted by Gasteiger charge is 2.28. The van der Waals surface area contributed by atoms with Crippen LogP contribution in [0.5, 0.6) is 0 Å². The number of carbonyl (C=O) groups is 3. The summed E-state index contributed by atoms with van der Waals surface area (Å²) in [6.07, 6.45) is 2.90. The summed E-state index contributed by atoms with van der Waals surface area (Å²) < 4.78 is 65.4. The lowest BCUT2D eigenvalue weighted by atomic mass is 10.0. The summed E-state index contributed by atoms with van der Waals surface area (Å²) in [7, 11) is -2.86. The first-order valence-electron chi connectivity index (χ1n) is 15.1. The van der Waals surface area contributed by atoms with Crippen LogP contribution in [0.2, 0.25) is 0 Å². The molecule has 49 heavy (non-hydrogen) atoms. The average molecular weight is 696 g/mol. The lowest BCUT2D eigenvalue weighted by molar-refractivity contribution is -0.145. The maximum absolute atomic E-state index is 15.2. The molecule has 1 aliphatic carbocycles. The zero-order valence-corrected chi connectivity index (χ0v) is 27.1. The van der Waals surface area contributed by atoms with E-state index in [1.165, 1.54) is 79.3 Å². The van der Waals surface area contributed by atoms with Gasteiger partial charge in [0.05, 0.1) is 22.9 Å². The number of carbonyl (C=O) groups excluding carboxylic acids is 3. The molecular formula is C33H31F2N5O8S. The zero-order valence-electron chi connectivity index (χ0n) is 26.2. The summed E-state index contributed by atoms with van der Waals surface area (Å²) in [6, 6.07) is 12.0. The van der Waals surface area contributed by atoms with Crippen LogP contribution in [0.4, 0.5) is 14.5 Å². The Morgan fingerprint density at radius 2 is 1.57 bits per heavy atom. The Hall–Kier alpha value is -5.64. The van der Waals surface area contributed by atoms with Gasteiger partial charge < -0.3 is 19.9 Å². The third kappa shape index (κ3) is 8.09. The van der Waals surface area contributed by atoms with E-state index in [2.05, 4.69) is 15.4 Å². The first-order chi connectivity index (χ1) is 23.3. The van der Waals surface area contributed by atoms with Crippen LogP contribution in [0.25, 0.3) is 5.69 Å². The van der Waals surface area contributed by atoms with Crippen molar-refractivity contribution in [1.29, 1.82) is 0 Å². The number of nitrogens with one attached hydrogen (secondary N) is 3. The van der Waals surface area contributed by atoms with Crippen molar-refractivity contribution in [3.05, 3.63) is 122 Å². The molecule has 1 fully saturated rings. The molecule has 1 heterocycles. The van der Waals surface area contributed by atoms with Gasteiger partial charge in [0.25, 0.3) is 27.4 Å². The molecule has 13 nitrogen and oxygen atoms in total. The maximum Gasteiger partial charge on any atom is 0.335 e. The molecule has 3 N–H and O–H groups in total. The highest BCUT2D eigenvalue weighted by molar-refractivity contribution is 7.92. The van der Waals surface area contributed by atoms with E-state index < -0.39 is 62.1 Å². The van der Waals surface area contributed by atoms with Crippen LogP contribution in [0.15, 0.2) is 87.4 Å². The van der Waals surface area contributed by atoms with Crippen molar-refractivity contribution in [3.8, 4) is 5.69 Å². The Kier molecular flexibility index (Phi) is 10.1. The van der Waals surface area contributed by atoms with Gasteiger partial charge in [-0.25, -0.2) is 31.4 Å². The number of sulfonamides is 1. The predicted octanol–water partition coefficient (Wildman–Crippen LogP) is 2.41. The van der Waals surface area contributed by atoms with Crippen molar-refractivity contribution in [2.24, 2.45) is 7.05 Å². The Morgan fingerprint density at radius 3 is 2.16 bits per heavy atom. The van der Waals surface area contributed by atoms with E-state index in [0.717, 1.165) is 17.4 Å². The molecule has 1 aromatic heterocycles. The quantitative estimate of drug-likeness (QED) is 0.190. The van der Waals surface area contributed by atoms with Crippen LogP contribution in [-0.4, -0.2) is 54.0 Å². The van der Waals surface area contributed by atoms with E-state index >= 15 is 8.78 Å². The Labute approximate surface area is 278 Å². The van der Waals surface area contributed by atoms with E-state index in [0.29, 0.717) is 17.7 Å².